The Labute approximate surface area is 242 Å². The Morgan fingerprint density at radius 3 is 2.43 bits per heavy atom. The molecule has 14 heteroatoms. The molecule has 2 aliphatic heterocycles. The second-order valence-electron chi connectivity index (χ2n) is 10.5. The van der Waals surface area contributed by atoms with Gasteiger partial charge in [-0.15, -0.1) is 0 Å². The van der Waals surface area contributed by atoms with Crippen molar-refractivity contribution in [2.24, 2.45) is 0 Å². The molecular formula is C28H33F2N7O4S. The Morgan fingerprint density at radius 2 is 1.74 bits per heavy atom. The Kier molecular flexibility index (Phi) is 8.68. The van der Waals surface area contributed by atoms with Crippen molar-refractivity contribution in [3.05, 3.63) is 70.5 Å². The number of likely N-dealkylation sites (N-methyl/N-ethyl adjacent to an activating group) is 2. The lowest BCUT2D eigenvalue weighted by atomic mass is 9.99. The maximum absolute atomic E-state index is 13.8. The van der Waals surface area contributed by atoms with E-state index in [2.05, 4.69) is 37.7 Å². The van der Waals surface area contributed by atoms with E-state index in [-0.39, 0.29) is 37.7 Å². The number of nitrogens with one attached hydrogen (secondary N) is 3. The third-order valence-corrected chi connectivity index (χ3v) is 9.39. The molecule has 0 bridgehead atoms. The quantitative estimate of drug-likeness (QED) is 0.317. The zero-order chi connectivity index (χ0) is 30.0. The van der Waals surface area contributed by atoms with Crippen LogP contribution in [0.4, 0.5) is 20.2 Å². The topological polar surface area (TPSA) is 131 Å². The fourth-order valence-corrected chi connectivity index (χ4v) is 6.70. The van der Waals surface area contributed by atoms with E-state index in [1.165, 1.54) is 0 Å². The number of aromatic amines is 1. The molecule has 1 saturated heterocycles. The first-order valence-corrected chi connectivity index (χ1v) is 15.1. The lowest BCUT2D eigenvalue weighted by molar-refractivity contribution is -0.115. The molecule has 2 aliphatic rings. The molecule has 0 aliphatic carbocycles. The maximum atomic E-state index is 13.8. The average Bonchev–Trinajstić information content (AvgIpc) is 3.34. The van der Waals surface area contributed by atoms with E-state index in [1.54, 1.807) is 19.2 Å². The second kappa shape index (κ2) is 12.3. The summed E-state index contributed by atoms with van der Waals surface area (Å²) < 4.78 is 55.1. The third kappa shape index (κ3) is 6.36. The summed E-state index contributed by atoms with van der Waals surface area (Å²) in [5.41, 5.74) is 3.21. The predicted octanol–water partition coefficient (Wildman–Crippen LogP) is 1.77. The van der Waals surface area contributed by atoms with Gasteiger partial charge in [0.05, 0.1) is 29.2 Å². The van der Waals surface area contributed by atoms with Crippen LogP contribution in [0.2, 0.25) is 0 Å². The minimum absolute atomic E-state index is 0.0682. The van der Waals surface area contributed by atoms with Gasteiger partial charge in [0.1, 0.15) is 11.6 Å². The van der Waals surface area contributed by atoms with Crippen LogP contribution < -0.4 is 15.5 Å². The molecule has 0 saturated carbocycles. The summed E-state index contributed by atoms with van der Waals surface area (Å²) in [6, 6.07) is 7.53. The van der Waals surface area contributed by atoms with Crippen LogP contribution in [0.1, 0.15) is 27.3 Å². The number of benzene rings is 2. The van der Waals surface area contributed by atoms with Gasteiger partial charge < -0.3 is 20.4 Å². The molecule has 0 atom stereocenters. The third-order valence-electron chi connectivity index (χ3n) is 7.57. The van der Waals surface area contributed by atoms with Crippen molar-refractivity contribution in [1.29, 1.82) is 0 Å². The summed E-state index contributed by atoms with van der Waals surface area (Å²) in [5.74, 6) is -2.58. The highest BCUT2D eigenvalue weighted by molar-refractivity contribution is 7.89. The van der Waals surface area contributed by atoms with Crippen LogP contribution in [0.5, 0.6) is 0 Å². The zero-order valence-corrected chi connectivity index (χ0v) is 24.2. The number of amides is 1. The summed E-state index contributed by atoms with van der Waals surface area (Å²) in [5, 5.41) is 12.8. The molecule has 3 heterocycles. The standard InChI is InChI=1S/C28H33F2N7O4S/c1-31-16-28(39)32-25-14-20(36-9-7-35(2)8-10-36)3-4-22(25)27(38)15-26-23-17-37(6-5-24(23)33-34-26)42(40,41)21-12-18(29)11-19(30)13-21/h3-4,11-14,31H,5-10,15-17H2,1-2H3,(H,32,39)(H,33,34). The van der Waals surface area contributed by atoms with Crippen LogP contribution >= 0.6 is 0 Å². The van der Waals surface area contributed by atoms with Gasteiger partial charge >= 0.3 is 0 Å². The number of sulfonamides is 1. The van der Waals surface area contributed by atoms with Gasteiger partial charge in [0, 0.05) is 74.3 Å². The maximum Gasteiger partial charge on any atom is 0.243 e. The second-order valence-corrected chi connectivity index (χ2v) is 12.5. The number of piperazine rings is 1. The normalized spacial score (nSPS) is 16.3. The summed E-state index contributed by atoms with van der Waals surface area (Å²) in [6.07, 6.45) is 0.148. The van der Waals surface area contributed by atoms with E-state index in [4.69, 9.17) is 0 Å². The highest BCUT2D eigenvalue weighted by Gasteiger charge is 2.32. The lowest BCUT2D eigenvalue weighted by Crippen LogP contribution is -2.44. The molecule has 1 fully saturated rings. The van der Waals surface area contributed by atoms with E-state index < -0.39 is 26.6 Å². The number of fused-ring (bicyclic) bond motifs is 1. The summed E-state index contributed by atoms with van der Waals surface area (Å²) in [7, 11) is -0.488. The summed E-state index contributed by atoms with van der Waals surface area (Å²) in [4.78, 5) is 30.0. The SMILES string of the molecule is CNCC(=O)Nc1cc(N2CCN(C)CC2)ccc1C(=O)Cc1n[nH]c2c1CN(S(=O)(=O)c1cc(F)cc(F)c1)CC2. The van der Waals surface area contributed by atoms with Gasteiger partial charge in [-0.3, -0.25) is 14.7 Å². The van der Waals surface area contributed by atoms with Crippen LogP contribution in [-0.2, 0) is 34.2 Å². The van der Waals surface area contributed by atoms with E-state index >= 15 is 0 Å². The fraction of sp³-hybridized carbons (Fsp3) is 0.393. The molecule has 5 rings (SSSR count). The van der Waals surface area contributed by atoms with Crippen molar-refractivity contribution in [1.82, 2.24) is 24.7 Å². The Hall–Kier alpha value is -3.72. The Balaban J connectivity index is 1.38. The molecular weight excluding hydrogens is 568 g/mol. The Morgan fingerprint density at radius 1 is 1.02 bits per heavy atom. The van der Waals surface area contributed by atoms with Gasteiger partial charge in [0.25, 0.3) is 0 Å². The van der Waals surface area contributed by atoms with Crippen molar-refractivity contribution < 1.29 is 26.8 Å². The molecule has 11 nitrogen and oxygen atoms in total. The first-order valence-electron chi connectivity index (χ1n) is 13.6. The van der Waals surface area contributed by atoms with Gasteiger partial charge in [-0.25, -0.2) is 17.2 Å². The number of rotatable bonds is 9. The molecule has 0 radical (unpaired) electrons. The molecule has 3 N–H and O–H groups in total. The van der Waals surface area contributed by atoms with Crippen molar-refractivity contribution in [3.63, 3.8) is 0 Å². The first kappa shape index (κ1) is 29.8. The molecule has 42 heavy (non-hydrogen) atoms. The number of aromatic nitrogens is 2. The number of nitrogens with zero attached hydrogens (tertiary/aromatic N) is 4. The molecule has 3 aromatic rings. The fourth-order valence-electron chi connectivity index (χ4n) is 5.25. The number of halogens is 2. The van der Waals surface area contributed by atoms with Crippen molar-refractivity contribution in [3.8, 4) is 0 Å². The molecule has 2 aromatic carbocycles. The molecule has 1 aromatic heterocycles. The van der Waals surface area contributed by atoms with Crippen molar-refractivity contribution in [2.45, 2.75) is 24.3 Å². The van der Waals surface area contributed by atoms with E-state index in [9.17, 15) is 26.8 Å². The van der Waals surface area contributed by atoms with Crippen molar-refractivity contribution in [2.75, 3.05) is 63.6 Å². The number of carbonyl (C=O) groups is 2. The van der Waals surface area contributed by atoms with Gasteiger partial charge in [-0.05, 0) is 44.4 Å². The average molecular weight is 602 g/mol. The number of ketones is 1. The molecule has 1 amide bonds. The monoisotopic (exact) mass is 601 g/mol. The van der Waals surface area contributed by atoms with Crippen LogP contribution in [0, 0.1) is 11.6 Å². The number of hydrogen-bond donors (Lipinski definition) is 3. The van der Waals surface area contributed by atoms with E-state index in [1.807, 2.05) is 6.07 Å². The molecule has 224 valence electrons. The van der Waals surface area contributed by atoms with Gasteiger partial charge in [0.2, 0.25) is 15.9 Å². The van der Waals surface area contributed by atoms with Gasteiger partial charge in [-0.2, -0.15) is 9.40 Å². The van der Waals surface area contributed by atoms with E-state index in [0.717, 1.165) is 48.3 Å². The van der Waals surface area contributed by atoms with Gasteiger partial charge in [-0.1, -0.05) is 0 Å². The first-order chi connectivity index (χ1) is 20.0. The summed E-state index contributed by atoms with van der Waals surface area (Å²) >= 11 is 0. The van der Waals surface area contributed by atoms with Crippen LogP contribution in [0.15, 0.2) is 41.3 Å². The number of anilines is 2. The van der Waals surface area contributed by atoms with Crippen LogP contribution in [0.25, 0.3) is 0 Å². The smallest absolute Gasteiger partial charge is 0.243 e. The van der Waals surface area contributed by atoms with Gasteiger partial charge in [0.15, 0.2) is 5.78 Å². The minimum atomic E-state index is -4.20. The minimum Gasteiger partial charge on any atom is -0.369 e. The number of H-pyrrole nitrogens is 1. The highest BCUT2D eigenvalue weighted by Crippen LogP contribution is 2.29. The van der Waals surface area contributed by atoms with Crippen molar-refractivity contribution >= 4 is 33.1 Å². The zero-order valence-electron chi connectivity index (χ0n) is 23.4. The summed E-state index contributed by atoms with van der Waals surface area (Å²) in [6.45, 7) is 3.46. The molecule has 0 spiro atoms. The van der Waals surface area contributed by atoms with E-state index in [0.29, 0.717) is 40.7 Å². The van der Waals surface area contributed by atoms with Crippen LogP contribution in [0.3, 0.4) is 0 Å². The lowest BCUT2D eigenvalue weighted by Gasteiger charge is -2.34. The number of hydrogen-bond acceptors (Lipinski definition) is 8. The number of carbonyl (C=O) groups excluding carboxylic acids is 2. The Bertz CT molecular complexity index is 1580. The van der Waals surface area contributed by atoms with Crippen LogP contribution in [-0.4, -0.2) is 92.9 Å². The predicted molar refractivity (Wildman–Crippen MR) is 153 cm³/mol. The largest absolute Gasteiger partial charge is 0.369 e. The highest BCUT2D eigenvalue weighted by atomic mass is 32.2. The number of Topliss-reactive ketones (excluding diaryl/α,β-unsaturated/α-hetero) is 1. The molecule has 0 unspecified atom stereocenters.